The number of hydrogen-bond donors (Lipinski definition) is 0. The van der Waals surface area contributed by atoms with Gasteiger partial charge in [-0.2, -0.15) is 0 Å². The van der Waals surface area contributed by atoms with Crippen molar-refractivity contribution >= 4 is 7.92 Å². The second kappa shape index (κ2) is 16.5. The first kappa shape index (κ1) is 19.4. The van der Waals surface area contributed by atoms with Crippen molar-refractivity contribution in [3.8, 4) is 0 Å². The van der Waals surface area contributed by atoms with Gasteiger partial charge in [-0.1, -0.05) is 59.3 Å². The smallest absolute Gasteiger partial charge is 0.0571 e. The Balaban J connectivity index is 3.66. The van der Waals surface area contributed by atoms with Crippen LogP contribution < -0.4 is 0 Å². The normalized spacial score (nSPS) is 11.4. The highest BCUT2D eigenvalue weighted by Gasteiger charge is 2.14. The second-order valence-electron chi connectivity index (χ2n) is 6.18. The summed E-state index contributed by atoms with van der Waals surface area (Å²) in [6.45, 7) is 6.96. The van der Waals surface area contributed by atoms with E-state index in [2.05, 4.69) is 20.8 Å². The highest BCUT2D eigenvalue weighted by atomic mass is 31.1. The molecule has 0 N–H and O–H groups in total. The van der Waals surface area contributed by atoms with Crippen LogP contribution in [0.25, 0.3) is 0 Å². The van der Waals surface area contributed by atoms with Crippen LogP contribution in [0.1, 0.15) is 97.8 Å². The van der Waals surface area contributed by atoms with Crippen molar-refractivity contribution in [1.82, 2.24) is 0 Å². The molecule has 0 aliphatic carbocycles. The van der Waals surface area contributed by atoms with Crippen LogP contribution in [0.5, 0.6) is 0 Å². The Labute approximate surface area is 124 Å². The molecule has 0 aromatic rings. The summed E-state index contributed by atoms with van der Waals surface area (Å²) in [5.41, 5.74) is 0. The van der Waals surface area contributed by atoms with E-state index in [9.17, 15) is 0 Å². The monoisotopic (exact) mass is 287 g/mol. The lowest BCUT2D eigenvalue weighted by atomic mass is 10.2. The molecule has 0 aliphatic heterocycles. The summed E-state index contributed by atoms with van der Waals surface area (Å²) in [5.74, 6) is 0. The SMILES string of the molecule is CCCCCC[PH+](CCCCCC)CCCCCC. The van der Waals surface area contributed by atoms with Crippen LogP contribution in [0.3, 0.4) is 0 Å². The molecule has 0 heterocycles. The quantitative estimate of drug-likeness (QED) is 0.226. The van der Waals surface area contributed by atoms with Crippen molar-refractivity contribution in [3.63, 3.8) is 0 Å². The largest absolute Gasteiger partial charge is 0.0654 e. The Morgan fingerprint density at radius 2 is 0.737 bits per heavy atom. The minimum Gasteiger partial charge on any atom is -0.0654 e. The molecule has 19 heavy (non-hydrogen) atoms. The lowest BCUT2D eigenvalue weighted by molar-refractivity contribution is 0.687. The Kier molecular flexibility index (Phi) is 16.9. The molecule has 0 saturated heterocycles. The first-order valence-electron chi connectivity index (χ1n) is 9.18. The summed E-state index contributed by atoms with van der Waals surface area (Å²) in [6, 6.07) is 0. The van der Waals surface area contributed by atoms with Crippen LogP contribution in [0.4, 0.5) is 0 Å². The maximum absolute atomic E-state index is 2.32. The maximum atomic E-state index is 2.32. The van der Waals surface area contributed by atoms with Gasteiger partial charge in [-0.15, -0.1) is 0 Å². The minimum atomic E-state index is 0.0139. The van der Waals surface area contributed by atoms with Gasteiger partial charge in [0.15, 0.2) is 0 Å². The van der Waals surface area contributed by atoms with Gasteiger partial charge in [-0.3, -0.25) is 0 Å². The maximum Gasteiger partial charge on any atom is 0.0571 e. The van der Waals surface area contributed by atoms with E-state index in [1.54, 1.807) is 18.5 Å². The third-order valence-electron chi connectivity index (χ3n) is 4.15. The van der Waals surface area contributed by atoms with Gasteiger partial charge < -0.3 is 0 Å². The summed E-state index contributed by atoms with van der Waals surface area (Å²) in [7, 11) is 0.0139. The zero-order chi connectivity index (χ0) is 14.2. The Hall–Kier alpha value is 0.430. The first-order valence-corrected chi connectivity index (χ1v) is 11.3. The molecular weight excluding hydrogens is 247 g/mol. The van der Waals surface area contributed by atoms with E-state index >= 15 is 0 Å². The molecule has 0 radical (unpaired) electrons. The Morgan fingerprint density at radius 1 is 0.421 bits per heavy atom. The Bertz CT molecular complexity index is 127. The van der Waals surface area contributed by atoms with Crippen molar-refractivity contribution in [3.05, 3.63) is 0 Å². The fourth-order valence-corrected chi connectivity index (χ4v) is 5.78. The fourth-order valence-electron chi connectivity index (χ4n) is 2.78. The molecule has 0 fully saturated rings. The van der Waals surface area contributed by atoms with E-state index in [0.717, 1.165) is 0 Å². The van der Waals surface area contributed by atoms with Gasteiger partial charge in [-0.05, 0) is 38.5 Å². The molecule has 0 nitrogen and oxygen atoms in total. The van der Waals surface area contributed by atoms with E-state index in [0.29, 0.717) is 0 Å². The molecular formula is C18H40P+. The summed E-state index contributed by atoms with van der Waals surface area (Å²) in [6.07, 6.45) is 22.4. The van der Waals surface area contributed by atoms with Crippen molar-refractivity contribution in [2.75, 3.05) is 18.5 Å². The topological polar surface area (TPSA) is 0 Å². The van der Waals surface area contributed by atoms with Gasteiger partial charge in [0.05, 0.1) is 18.5 Å². The molecule has 116 valence electrons. The highest BCUT2D eigenvalue weighted by molar-refractivity contribution is 7.57. The zero-order valence-electron chi connectivity index (χ0n) is 14.1. The zero-order valence-corrected chi connectivity index (χ0v) is 15.1. The van der Waals surface area contributed by atoms with Gasteiger partial charge in [0.25, 0.3) is 0 Å². The number of unbranched alkanes of at least 4 members (excludes halogenated alkanes) is 9. The van der Waals surface area contributed by atoms with Gasteiger partial charge >= 0.3 is 0 Å². The van der Waals surface area contributed by atoms with Gasteiger partial charge in [0, 0.05) is 7.92 Å². The van der Waals surface area contributed by atoms with Crippen LogP contribution in [-0.4, -0.2) is 18.5 Å². The minimum absolute atomic E-state index is 0.0139. The van der Waals surface area contributed by atoms with Crippen molar-refractivity contribution in [2.45, 2.75) is 97.8 Å². The van der Waals surface area contributed by atoms with Gasteiger partial charge in [-0.25, -0.2) is 0 Å². The van der Waals surface area contributed by atoms with Crippen LogP contribution in [-0.2, 0) is 0 Å². The van der Waals surface area contributed by atoms with Gasteiger partial charge in [0.1, 0.15) is 0 Å². The third-order valence-corrected chi connectivity index (χ3v) is 7.33. The van der Waals surface area contributed by atoms with Gasteiger partial charge in [0.2, 0.25) is 0 Å². The molecule has 0 aromatic heterocycles. The molecule has 0 saturated carbocycles. The van der Waals surface area contributed by atoms with Crippen molar-refractivity contribution in [1.29, 1.82) is 0 Å². The van der Waals surface area contributed by atoms with E-state index in [-0.39, 0.29) is 7.92 Å². The van der Waals surface area contributed by atoms with E-state index in [1.165, 1.54) is 77.0 Å². The predicted molar refractivity (Wildman–Crippen MR) is 95.3 cm³/mol. The fraction of sp³-hybridized carbons (Fsp3) is 1.00. The van der Waals surface area contributed by atoms with Crippen LogP contribution in [0.15, 0.2) is 0 Å². The average Bonchev–Trinajstić information content (AvgIpc) is 2.43. The Morgan fingerprint density at radius 3 is 1.00 bits per heavy atom. The molecule has 1 heteroatoms. The standard InChI is InChI=1S/C18H39P/c1-4-7-10-13-16-19(17-14-11-8-5-2)18-15-12-9-6-3/h4-18H2,1-3H3/p+1. The third kappa shape index (κ3) is 14.6. The molecule has 0 amide bonds. The predicted octanol–water partition coefficient (Wildman–Crippen LogP) is 6.94. The summed E-state index contributed by atoms with van der Waals surface area (Å²) in [4.78, 5) is 0. The molecule has 0 spiro atoms. The second-order valence-corrected chi connectivity index (χ2v) is 9.18. The molecule has 0 atom stereocenters. The molecule has 0 bridgehead atoms. The summed E-state index contributed by atoms with van der Waals surface area (Å²) >= 11 is 0. The lowest BCUT2D eigenvalue weighted by Gasteiger charge is -2.11. The van der Waals surface area contributed by atoms with E-state index < -0.39 is 0 Å². The van der Waals surface area contributed by atoms with Crippen molar-refractivity contribution in [2.24, 2.45) is 0 Å². The molecule has 0 aliphatic rings. The van der Waals surface area contributed by atoms with E-state index in [4.69, 9.17) is 0 Å². The van der Waals surface area contributed by atoms with Crippen LogP contribution in [0, 0.1) is 0 Å². The first-order chi connectivity index (χ1) is 9.35. The summed E-state index contributed by atoms with van der Waals surface area (Å²) in [5, 5.41) is 0. The van der Waals surface area contributed by atoms with Crippen molar-refractivity contribution < 1.29 is 0 Å². The highest BCUT2D eigenvalue weighted by Crippen LogP contribution is 2.39. The number of hydrogen-bond acceptors (Lipinski definition) is 0. The molecule has 0 rings (SSSR count). The average molecular weight is 287 g/mol. The lowest BCUT2D eigenvalue weighted by Crippen LogP contribution is -1.97. The molecule has 0 unspecified atom stereocenters. The summed E-state index contributed by atoms with van der Waals surface area (Å²) < 4.78 is 0. The molecule has 0 aromatic carbocycles. The van der Waals surface area contributed by atoms with Crippen LogP contribution in [0.2, 0.25) is 0 Å². The van der Waals surface area contributed by atoms with Crippen LogP contribution >= 0.6 is 7.92 Å². The number of rotatable bonds is 15. The van der Waals surface area contributed by atoms with E-state index in [1.807, 2.05) is 0 Å².